The van der Waals surface area contributed by atoms with Crippen molar-refractivity contribution in [3.63, 3.8) is 0 Å². The topological polar surface area (TPSA) is 72.9 Å². The van der Waals surface area contributed by atoms with Crippen molar-refractivity contribution >= 4 is 27.6 Å². The third-order valence-electron chi connectivity index (χ3n) is 4.71. The summed E-state index contributed by atoms with van der Waals surface area (Å²) in [5, 5.41) is 0.495. The molecule has 0 saturated carbocycles. The maximum atomic E-state index is 13.0. The number of ether oxygens (including phenoxy) is 2. The molecule has 0 aromatic heterocycles. The molecule has 0 spiro atoms. The molecule has 0 N–H and O–H groups in total. The second kappa shape index (κ2) is 8.51. The summed E-state index contributed by atoms with van der Waals surface area (Å²) in [7, 11) is -2.35. The zero-order valence-corrected chi connectivity index (χ0v) is 17.3. The molecule has 1 atom stereocenters. The number of benzene rings is 2. The number of esters is 1. The summed E-state index contributed by atoms with van der Waals surface area (Å²) in [6.07, 6.45) is 1.05. The molecule has 28 heavy (non-hydrogen) atoms. The fourth-order valence-electron chi connectivity index (χ4n) is 3.17. The Morgan fingerprint density at radius 3 is 2.46 bits per heavy atom. The maximum absolute atomic E-state index is 13.0. The van der Waals surface area contributed by atoms with Gasteiger partial charge in [0.15, 0.2) is 0 Å². The van der Waals surface area contributed by atoms with Crippen molar-refractivity contribution in [2.75, 3.05) is 20.2 Å². The molecule has 1 fully saturated rings. The smallest absolute Gasteiger partial charge is 0.338 e. The van der Waals surface area contributed by atoms with Crippen LogP contribution in [0.2, 0.25) is 5.02 Å². The highest BCUT2D eigenvalue weighted by Crippen LogP contribution is 2.31. The summed E-state index contributed by atoms with van der Waals surface area (Å²) < 4.78 is 38.0. The molecule has 1 saturated heterocycles. The largest absolute Gasteiger partial charge is 0.495 e. The van der Waals surface area contributed by atoms with Gasteiger partial charge in [0.2, 0.25) is 10.0 Å². The summed E-state index contributed by atoms with van der Waals surface area (Å²) in [5.74, 6) is -0.435. The second-order valence-electron chi connectivity index (χ2n) is 6.55. The van der Waals surface area contributed by atoms with Crippen LogP contribution in [0.5, 0.6) is 5.75 Å². The SMILES string of the molecule is COc1ccc(C(=O)OC(C)c2ccccc2Cl)cc1S(=O)(=O)N1CCCC1. The average Bonchev–Trinajstić information content (AvgIpc) is 3.23. The van der Waals surface area contributed by atoms with E-state index in [-0.39, 0.29) is 16.2 Å². The van der Waals surface area contributed by atoms with Gasteiger partial charge in [-0.3, -0.25) is 0 Å². The monoisotopic (exact) mass is 423 g/mol. The lowest BCUT2D eigenvalue weighted by molar-refractivity contribution is 0.0338. The number of carbonyl (C=O) groups is 1. The van der Waals surface area contributed by atoms with Gasteiger partial charge < -0.3 is 9.47 Å². The molecule has 2 aromatic carbocycles. The number of rotatable bonds is 6. The van der Waals surface area contributed by atoms with E-state index in [4.69, 9.17) is 21.1 Å². The van der Waals surface area contributed by atoms with Crippen molar-refractivity contribution in [1.82, 2.24) is 4.31 Å². The molecule has 0 aliphatic carbocycles. The zero-order valence-electron chi connectivity index (χ0n) is 15.7. The Bertz CT molecular complexity index is 970. The van der Waals surface area contributed by atoms with Gasteiger partial charge >= 0.3 is 5.97 Å². The third-order valence-corrected chi connectivity index (χ3v) is 6.97. The Morgan fingerprint density at radius 2 is 1.82 bits per heavy atom. The van der Waals surface area contributed by atoms with Gasteiger partial charge in [-0.15, -0.1) is 0 Å². The van der Waals surface area contributed by atoms with E-state index in [2.05, 4.69) is 0 Å². The van der Waals surface area contributed by atoms with Crippen molar-refractivity contribution in [2.24, 2.45) is 0 Å². The van der Waals surface area contributed by atoms with Gasteiger partial charge in [0.1, 0.15) is 16.7 Å². The average molecular weight is 424 g/mol. The summed E-state index contributed by atoms with van der Waals surface area (Å²) in [4.78, 5) is 12.6. The molecule has 0 bridgehead atoms. The van der Waals surface area contributed by atoms with Crippen LogP contribution < -0.4 is 4.74 Å². The Balaban J connectivity index is 1.88. The van der Waals surface area contributed by atoms with Crippen molar-refractivity contribution < 1.29 is 22.7 Å². The van der Waals surface area contributed by atoms with E-state index in [9.17, 15) is 13.2 Å². The van der Waals surface area contributed by atoms with E-state index in [1.165, 1.54) is 29.6 Å². The summed E-state index contributed by atoms with van der Waals surface area (Å²) in [5.41, 5.74) is 0.813. The van der Waals surface area contributed by atoms with Crippen LogP contribution in [-0.2, 0) is 14.8 Å². The van der Waals surface area contributed by atoms with Gasteiger partial charge in [0, 0.05) is 23.7 Å². The highest BCUT2D eigenvalue weighted by atomic mass is 35.5. The minimum absolute atomic E-state index is 0.0308. The molecular weight excluding hydrogens is 402 g/mol. The fraction of sp³-hybridized carbons (Fsp3) is 0.350. The van der Waals surface area contributed by atoms with Gasteiger partial charge in [0.05, 0.1) is 12.7 Å². The number of halogens is 1. The Kier molecular flexibility index (Phi) is 6.27. The molecule has 3 rings (SSSR count). The number of hydrogen-bond donors (Lipinski definition) is 0. The molecule has 8 heteroatoms. The van der Waals surface area contributed by atoms with Gasteiger partial charge in [-0.05, 0) is 44.0 Å². The molecule has 1 aliphatic rings. The molecule has 1 heterocycles. The minimum atomic E-state index is -3.75. The van der Waals surface area contributed by atoms with E-state index in [1.54, 1.807) is 31.2 Å². The van der Waals surface area contributed by atoms with Gasteiger partial charge in [0.25, 0.3) is 0 Å². The molecule has 0 amide bonds. The number of carbonyl (C=O) groups excluding carboxylic acids is 1. The lowest BCUT2D eigenvalue weighted by Crippen LogP contribution is -2.28. The lowest BCUT2D eigenvalue weighted by atomic mass is 10.1. The van der Waals surface area contributed by atoms with Crippen molar-refractivity contribution in [2.45, 2.75) is 30.8 Å². The van der Waals surface area contributed by atoms with Crippen molar-refractivity contribution in [3.05, 3.63) is 58.6 Å². The molecule has 6 nitrogen and oxygen atoms in total. The maximum Gasteiger partial charge on any atom is 0.338 e. The Hall–Kier alpha value is -2.09. The third kappa shape index (κ3) is 4.16. The van der Waals surface area contributed by atoms with Crippen LogP contribution >= 0.6 is 11.6 Å². The van der Waals surface area contributed by atoms with Crippen molar-refractivity contribution in [3.8, 4) is 5.75 Å². The summed E-state index contributed by atoms with van der Waals surface area (Å²) in [6, 6.07) is 11.4. The Morgan fingerprint density at radius 1 is 1.14 bits per heavy atom. The van der Waals surface area contributed by atoms with Crippen LogP contribution in [0.1, 0.15) is 41.8 Å². The summed E-state index contributed by atoms with van der Waals surface area (Å²) >= 11 is 6.15. The second-order valence-corrected chi connectivity index (χ2v) is 8.86. The van der Waals surface area contributed by atoms with E-state index in [0.717, 1.165) is 12.8 Å². The van der Waals surface area contributed by atoms with E-state index in [1.807, 2.05) is 0 Å². The van der Waals surface area contributed by atoms with Crippen LogP contribution in [0.15, 0.2) is 47.4 Å². The van der Waals surface area contributed by atoms with Crippen LogP contribution in [0.3, 0.4) is 0 Å². The first-order chi connectivity index (χ1) is 13.3. The molecule has 2 aromatic rings. The first kappa shape index (κ1) is 20.6. The van der Waals surface area contributed by atoms with Gasteiger partial charge in [-0.2, -0.15) is 4.31 Å². The van der Waals surface area contributed by atoms with Crippen LogP contribution in [0, 0.1) is 0 Å². The molecule has 1 unspecified atom stereocenters. The molecular formula is C20H22ClNO5S. The summed E-state index contributed by atoms with van der Waals surface area (Å²) in [6.45, 7) is 2.64. The number of sulfonamides is 1. The number of methoxy groups -OCH3 is 1. The highest BCUT2D eigenvalue weighted by molar-refractivity contribution is 7.89. The first-order valence-corrected chi connectivity index (χ1v) is 10.8. The van der Waals surface area contributed by atoms with Gasteiger partial charge in [-0.25, -0.2) is 13.2 Å². The molecule has 1 aliphatic heterocycles. The number of hydrogen-bond acceptors (Lipinski definition) is 5. The predicted octanol–water partition coefficient (Wildman–Crippen LogP) is 4.05. The van der Waals surface area contributed by atoms with Crippen LogP contribution in [0.25, 0.3) is 0 Å². The van der Waals surface area contributed by atoms with E-state index < -0.39 is 22.1 Å². The fourth-order valence-corrected chi connectivity index (χ4v) is 5.16. The quantitative estimate of drug-likeness (QED) is 0.655. The Labute approximate surface area is 170 Å². The zero-order chi connectivity index (χ0) is 20.3. The highest BCUT2D eigenvalue weighted by Gasteiger charge is 2.31. The number of nitrogens with zero attached hydrogens (tertiary/aromatic N) is 1. The van der Waals surface area contributed by atoms with E-state index in [0.29, 0.717) is 23.7 Å². The normalized spacial score (nSPS) is 16.0. The van der Waals surface area contributed by atoms with Crippen LogP contribution in [-0.4, -0.2) is 38.9 Å². The minimum Gasteiger partial charge on any atom is -0.495 e. The van der Waals surface area contributed by atoms with Crippen LogP contribution in [0.4, 0.5) is 0 Å². The molecule has 150 valence electrons. The lowest BCUT2D eigenvalue weighted by Gasteiger charge is -2.19. The molecule has 0 radical (unpaired) electrons. The van der Waals surface area contributed by atoms with E-state index >= 15 is 0 Å². The predicted molar refractivity (Wildman–Crippen MR) is 106 cm³/mol. The first-order valence-electron chi connectivity index (χ1n) is 8.98. The van der Waals surface area contributed by atoms with Gasteiger partial charge in [-0.1, -0.05) is 29.8 Å². The van der Waals surface area contributed by atoms with Crippen molar-refractivity contribution in [1.29, 1.82) is 0 Å². The standard InChI is InChI=1S/C20H22ClNO5S/c1-14(16-7-3-4-8-17(16)21)27-20(23)15-9-10-18(26-2)19(13-15)28(24,25)22-11-5-6-12-22/h3-4,7-10,13-14H,5-6,11-12H2,1-2H3.